The van der Waals surface area contributed by atoms with Crippen molar-refractivity contribution in [3.05, 3.63) is 71.9 Å². The van der Waals surface area contributed by atoms with E-state index in [2.05, 4.69) is 15.5 Å². The Bertz CT molecular complexity index is 818. The first kappa shape index (κ1) is 15.9. The number of carbonyl (C=O) groups is 1. The van der Waals surface area contributed by atoms with Gasteiger partial charge in [0.2, 0.25) is 17.6 Å². The molecular weight excluding hydrogens is 309 g/mol. The molecule has 1 aromatic heterocycles. The lowest BCUT2D eigenvalue weighted by molar-refractivity contribution is -0.120. The van der Waals surface area contributed by atoms with Crippen LogP contribution in [0.3, 0.4) is 0 Å². The van der Waals surface area contributed by atoms with Crippen molar-refractivity contribution in [2.45, 2.75) is 12.8 Å². The summed E-state index contributed by atoms with van der Waals surface area (Å²) >= 11 is 0. The molecule has 3 rings (SSSR count). The summed E-state index contributed by atoms with van der Waals surface area (Å²) in [6.07, 6.45) is 0.715. The third-order valence-corrected chi connectivity index (χ3v) is 3.45. The van der Waals surface area contributed by atoms with Crippen LogP contribution in [0.25, 0.3) is 11.4 Å². The van der Waals surface area contributed by atoms with Crippen molar-refractivity contribution in [1.82, 2.24) is 15.5 Å². The number of nitrogens with zero attached hydrogens (tertiary/aromatic N) is 2. The summed E-state index contributed by atoms with van der Waals surface area (Å²) in [6.45, 7) is 0.380. The van der Waals surface area contributed by atoms with Crippen LogP contribution in [-0.2, 0) is 17.6 Å². The van der Waals surface area contributed by atoms with Gasteiger partial charge in [0.1, 0.15) is 5.82 Å². The molecule has 0 saturated carbocycles. The molecule has 1 heterocycles. The van der Waals surface area contributed by atoms with Crippen molar-refractivity contribution in [3.8, 4) is 11.4 Å². The Hall–Kier alpha value is -3.02. The Morgan fingerprint density at radius 1 is 1.08 bits per heavy atom. The second kappa shape index (κ2) is 7.50. The Balaban J connectivity index is 1.51. The van der Waals surface area contributed by atoms with Crippen LogP contribution in [0.15, 0.2) is 59.1 Å². The van der Waals surface area contributed by atoms with Gasteiger partial charge in [0, 0.05) is 13.0 Å². The van der Waals surface area contributed by atoms with E-state index >= 15 is 0 Å². The lowest BCUT2D eigenvalue weighted by Gasteiger charge is -2.03. The molecular formula is C18H16FN3O2. The summed E-state index contributed by atoms with van der Waals surface area (Å²) < 4.78 is 18.8. The third kappa shape index (κ3) is 4.04. The highest BCUT2D eigenvalue weighted by molar-refractivity contribution is 5.78. The van der Waals surface area contributed by atoms with Crippen LogP contribution < -0.4 is 5.32 Å². The molecule has 6 heteroatoms. The molecule has 0 aliphatic carbocycles. The lowest BCUT2D eigenvalue weighted by atomic mass is 10.1. The second-order valence-corrected chi connectivity index (χ2v) is 5.25. The van der Waals surface area contributed by atoms with Crippen molar-refractivity contribution in [3.63, 3.8) is 0 Å². The molecule has 0 fully saturated rings. The second-order valence-electron chi connectivity index (χ2n) is 5.25. The fourth-order valence-corrected chi connectivity index (χ4v) is 2.26. The molecule has 0 aliphatic rings. The van der Waals surface area contributed by atoms with Gasteiger partial charge in [0.05, 0.1) is 12.0 Å². The minimum absolute atomic E-state index is 0.0740. The summed E-state index contributed by atoms with van der Waals surface area (Å²) in [5.74, 6) is 0.0861. The number of amides is 1. The first-order chi connectivity index (χ1) is 11.7. The first-order valence-corrected chi connectivity index (χ1v) is 7.60. The number of aromatic nitrogens is 2. The number of carbonyl (C=O) groups excluding carboxylic acids is 1. The standard InChI is InChI=1S/C18H16FN3O2/c19-15-9-5-4-8-14(15)18-21-17(24-22-18)10-11-20-16(23)12-13-6-2-1-3-7-13/h1-9H,10-12H2,(H,20,23). The normalized spacial score (nSPS) is 10.5. The van der Waals surface area contributed by atoms with Crippen molar-refractivity contribution < 1.29 is 13.7 Å². The Kier molecular flexibility index (Phi) is 4.96. The van der Waals surface area contributed by atoms with Gasteiger partial charge in [-0.1, -0.05) is 47.6 Å². The average Bonchev–Trinajstić information content (AvgIpc) is 3.05. The van der Waals surface area contributed by atoms with Crippen LogP contribution >= 0.6 is 0 Å². The van der Waals surface area contributed by atoms with E-state index in [0.717, 1.165) is 5.56 Å². The number of nitrogens with one attached hydrogen (secondary N) is 1. The van der Waals surface area contributed by atoms with E-state index < -0.39 is 5.82 Å². The van der Waals surface area contributed by atoms with Crippen molar-refractivity contribution in [2.75, 3.05) is 6.54 Å². The third-order valence-electron chi connectivity index (χ3n) is 3.45. The summed E-state index contributed by atoms with van der Waals surface area (Å²) in [4.78, 5) is 16.0. The van der Waals surface area contributed by atoms with Gasteiger partial charge in [-0.15, -0.1) is 0 Å². The molecule has 2 aromatic carbocycles. The van der Waals surface area contributed by atoms with E-state index in [1.807, 2.05) is 30.3 Å². The molecule has 24 heavy (non-hydrogen) atoms. The highest BCUT2D eigenvalue weighted by Crippen LogP contribution is 2.19. The van der Waals surface area contributed by atoms with E-state index in [1.54, 1.807) is 18.2 Å². The zero-order valence-corrected chi connectivity index (χ0v) is 12.9. The molecule has 0 bridgehead atoms. The zero-order valence-electron chi connectivity index (χ0n) is 12.9. The fraction of sp³-hybridized carbons (Fsp3) is 0.167. The Morgan fingerprint density at radius 2 is 1.83 bits per heavy atom. The largest absolute Gasteiger partial charge is 0.355 e. The molecule has 0 radical (unpaired) electrons. The lowest BCUT2D eigenvalue weighted by Crippen LogP contribution is -2.27. The van der Waals surface area contributed by atoms with Crippen LogP contribution in [0.4, 0.5) is 4.39 Å². The predicted molar refractivity (Wildman–Crippen MR) is 86.6 cm³/mol. The van der Waals surface area contributed by atoms with E-state index in [0.29, 0.717) is 30.8 Å². The van der Waals surface area contributed by atoms with Crippen LogP contribution in [0.2, 0.25) is 0 Å². The number of halogens is 1. The van der Waals surface area contributed by atoms with Gasteiger partial charge in [-0.2, -0.15) is 4.98 Å². The van der Waals surface area contributed by atoms with Crippen LogP contribution in [-0.4, -0.2) is 22.6 Å². The molecule has 122 valence electrons. The molecule has 0 saturated heterocycles. The molecule has 3 aromatic rings. The number of hydrogen-bond donors (Lipinski definition) is 1. The molecule has 0 spiro atoms. The van der Waals surface area contributed by atoms with E-state index in [-0.39, 0.29) is 11.7 Å². The van der Waals surface area contributed by atoms with Crippen molar-refractivity contribution >= 4 is 5.91 Å². The van der Waals surface area contributed by atoms with Crippen LogP contribution in [0.5, 0.6) is 0 Å². The summed E-state index contributed by atoms with van der Waals surface area (Å²) in [5, 5.41) is 6.57. The van der Waals surface area contributed by atoms with Crippen molar-refractivity contribution in [2.24, 2.45) is 0 Å². The molecule has 1 amide bonds. The van der Waals surface area contributed by atoms with Gasteiger partial charge >= 0.3 is 0 Å². The SMILES string of the molecule is O=C(Cc1ccccc1)NCCc1nc(-c2ccccc2F)no1. The number of hydrogen-bond acceptors (Lipinski definition) is 4. The Morgan fingerprint density at radius 3 is 2.62 bits per heavy atom. The maximum absolute atomic E-state index is 13.7. The summed E-state index contributed by atoms with van der Waals surface area (Å²) in [7, 11) is 0. The first-order valence-electron chi connectivity index (χ1n) is 7.60. The van der Waals surface area contributed by atoms with E-state index in [1.165, 1.54) is 6.07 Å². The van der Waals surface area contributed by atoms with Gasteiger partial charge < -0.3 is 9.84 Å². The highest BCUT2D eigenvalue weighted by Gasteiger charge is 2.12. The predicted octanol–water partition coefficient (Wildman–Crippen LogP) is 2.78. The molecule has 0 unspecified atom stereocenters. The topological polar surface area (TPSA) is 68.0 Å². The minimum Gasteiger partial charge on any atom is -0.355 e. The quantitative estimate of drug-likeness (QED) is 0.757. The highest BCUT2D eigenvalue weighted by atomic mass is 19.1. The molecule has 0 aliphatic heterocycles. The maximum atomic E-state index is 13.7. The summed E-state index contributed by atoms with van der Waals surface area (Å²) in [5.41, 5.74) is 1.25. The van der Waals surface area contributed by atoms with Gasteiger partial charge in [-0.3, -0.25) is 4.79 Å². The van der Waals surface area contributed by atoms with E-state index in [4.69, 9.17) is 4.52 Å². The molecule has 0 atom stereocenters. The maximum Gasteiger partial charge on any atom is 0.228 e. The average molecular weight is 325 g/mol. The number of benzene rings is 2. The molecule has 5 nitrogen and oxygen atoms in total. The smallest absolute Gasteiger partial charge is 0.228 e. The summed E-state index contributed by atoms with van der Waals surface area (Å²) in [6, 6.07) is 15.7. The van der Waals surface area contributed by atoms with E-state index in [9.17, 15) is 9.18 Å². The molecule has 1 N–H and O–H groups in total. The van der Waals surface area contributed by atoms with Gasteiger partial charge in [-0.25, -0.2) is 4.39 Å². The fourth-order valence-electron chi connectivity index (χ4n) is 2.26. The van der Waals surface area contributed by atoms with Crippen LogP contribution in [0.1, 0.15) is 11.5 Å². The monoisotopic (exact) mass is 325 g/mol. The number of rotatable bonds is 6. The van der Waals surface area contributed by atoms with Gasteiger partial charge in [-0.05, 0) is 17.7 Å². The van der Waals surface area contributed by atoms with Crippen molar-refractivity contribution in [1.29, 1.82) is 0 Å². The minimum atomic E-state index is -0.402. The Labute approximate surface area is 138 Å². The van der Waals surface area contributed by atoms with Gasteiger partial charge in [0.25, 0.3) is 0 Å². The van der Waals surface area contributed by atoms with Gasteiger partial charge in [0.15, 0.2) is 0 Å². The zero-order chi connectivity index (χ0) is 16.8. The van der Waals surface area contributed by atoms with Crippen LogP contribution in [0, 0.1) is 5.82 Å².